The summed E-state index contributed by atoms with van der Waals surface area (Å²) in [6.07, 6.45) is 4.29. The number of anilines is 1. The Labute approximate surface area is 183 Å². The Bertz CT molecular complexity index is 1010. The number of amides is 1. The first-order valence-electron chi connectivity index (χ1n) is 9.52. The maximum absolute atomic E-state index is 12.6. The van der Waals surface area contributed by atoms with E-state index in [2.05, 4.69) is 49.0 Å². The molecule has 29 heavy (non-hydrogen) atoms. The van der Waals surface area contributed by atoms with Gasteiger partial charge in [0.05, 0.1) is 24.6 Å². The van der Waals surface area contributed by atoms with Crippen molar-refractivity contribution in [3.05, 3.63) is 81.3 Å². The van der Waals surface area contributed by atoms with Gasteiger partial charge in [0.2, 0.25) is 5.91 Å². The zero-order valence-corrected chi connectivity index (χ0v) is 18.4. The zero-order chi connectivity index (χ0) is 20.4. The molecule has 1 aliphatic rings. The number of carbonyl (C=O) groups is 1. The van der Waals surface area contributed by atoms with Crippen LogP contribution in [0.4, 0.5) is 5.69 Å². The van der Waals surface area contributed by atoms with Gasteiger partial charge in [-0.15, -0.1) is 0 Å². The lowest BCUT2D eigenvalue weighted by Gasteiger charge is -2.32. The molecule has 5 nitrogen and oxygen atoms in total. The molecule has 0 saturated heterocycles. The van der Waals surface area contributed by atoms with Crippen molar-refractivity contribution in [2.45, 2.75) is 32.5 Å². The number of aromatic amines is 1. The number of imidazole rings is 1. The summed E-state index contributed by atoms with van der Waals surface area (Å²) >= 11 is 9.78. The average molecular weight is 474 g/mol. The molecule has 7 heteroatoms. The summed E-state index contributed by atoms with van der Waals surface area (Å²) in [6.45, 7) is 3.65. The molecule has 0 spiro atoms. The lowest BCUT2D eigenvalue weighted by atomic mass is 10.0. The minimum absolute atomic E-state index is 0.0278. The van der Waals surface area contributed by atoms with Crippen LogP contribution in [0.15, 0.2) is 59.5 Å². The van der Waals surface area contributed by atoms with Gasteiger partial charge in [0.25, 0.3) is 0 Å². The van der Waals surface area contributed by atoms with Crippen LogP contribution in [0.2, 0.25) is 5.02 Å². The molecule has 150 valence electrons. The normalized spacial score (nSPS) is 16.4. The maximum atomic E-state index is 12.6. The quantitative estimate of drug-likeness (QED) is 0.592. The standard InChI is InChI=1S/C22H22BrClN4O/c1-15(29)28-11-17-9-18(23)5-6-22(17)27(12-20-10-25-14-26-20)13-21(28)8-16-3-2-4-19(24)7-16/h2-7,9-10,14,21H,8,11-13H2,1H3,(H,25,26). The predicted octanol–water partition coefficient (Wildman–Crippen LogP) is 4.81. The fourth-order valence-corrected chi connectivity index (χ4v) is 4.58. The highest BCUT2D eigenvalue weighted by Crippen LogP contribution is 2.32. The summed E-state index contributed by atoms with van der Waals surface area (Å²) in [7, 11) is 0. The largest absolute Gasteiger partial charge is 0.363 e. The molecule has 0 fully saturated rings. The Hall–Kier alpha value is -2.31. The number of benzene rings is 2. The molecule has 4 rings (SSSR count). The molecule has 0 radical (unpaired) electrons. The van der Waals surface area contributed by atoms with Crippen LogP contribution in [0.5, 0.6) is 0 Å². The van der Waals surface area contributed by atoms with E-state index in [9.17, 15) is 4.79 Å². The third-order valence-corrected chi connectivity index (χ3v) is 6.00. The Balaban J connectivity index is 1.71. The fraction of sp³-hybridized carbons (Fsp3) is 0.273. The lowest BCUT2D eigenvalue weighted by Crippen LogP contribution is -2.44. The van der Waals surface area contributed by atoms with Gasteiger partial charge in [-0.3, -0.25) is 4.79 Å². The van der Waals surface area contributed by atoms with Crippen LogP contribution in [0, 0.1) is 0 Å². The van der Waals surface area contributed by atoms with Gasteiger partial charge in [-0.1, -0.05) is 39.7 Å². The summed E-state index contributed by atoms with van der Waals surface area (Å²) in [4.78, 5) is 24.2. The first kappa shape index (κ1) is 20.0. The first-order valence-corrected chi connectivity index (χ1v) is 10.7. The highest BCUT2D eigenvalue weighted by atomic mass is 79.9. The van der Waals surface area contributed by atoms with Crippen molar-refractivity contribution in [2.75, 3.05) is 11.4 Å². The van der Waals surface area contributed by atoms with Gasteiger partial charge in [-0.05, 0) is 47.9 Å². The molecule has 0 saturated carbocycles. The molecular formula is C22H22BrClN4O. The second-order valence-electron chi connectivity index (χ2n) is 7.37. The van der Waals surface area contributed by atoms with Crippen molar-refractivity contribution in [1.29, 1.82) is 0 Å². The van der Waals surface area contributed by atoms with E-state index >= 15 is 0 Å². The van der Waals surface area contributed by atoms with Crippen molar-refractivity contribution in [3.63, 3.8) is 0 Å². The van der Waals surface area contributed by atoms with E-state index in [4.69, 9.17) is 11.6 Å². The van der Waals surface area contributed by atoms with E-state index in [0.717, 1.165) is 39.9 Å². The molecule has 0 bridgehead atoms. The highest BCUT2D eigenvalue weighted by molar-refractivity contribution is 9.10. The molecule has 2 heterocycles. The van der Waals surface area contributed by atoms with Gasteiger partial charge in [0.1, 0.15) is 0 Å². The number of aromatic nitrogens is 2. The first-order chi connectivity index (χ1) is 14.0. The number of hydrogen-bond donors (Lipinski definition) is 1. The molecule has 1 N–H and O–H groups in total. The Kier molecular flexibility index (Phi) is 5.92. The molecule has 2 aromatic carbocycles. The van der Waals surface area contributed by atoms with Gasteiger partial charge in [-0.25, -0.2) is 4.98 Å². The van der Waals surface area contributed by atoms with Crippen molar-refractivity contribution < 1.29 is 4.79 Å². The summed E-state index contributed by atoms with van der Waals surface area (Å²) < 4.78 is 1.01. The number of carbonyl (C=O) groups excluding carboxylic acids is 1. The second kappa shape index (κ2) is 8.59. The lowest BCUT2D eigenvalue weighted by molar-refractivity contribution is -0.131. The van der Waals surface area contributed by atoms with E-state index in [-0.39, 0.29) is 11.9 Å². The van der Waals surface area contributed by atoms with Gasteiger partial charge < -0.3 is 14.8 Å². The van der Waals surface area contributed by atoms with E-state index in [0.29, 0.717) is 18.1 Å². The summed E-state index contributed by atoms with van der Waals surface area (Å²) in [6, 6.07) is 14.2. The molecule has 1 aliphatic heterocycles. The summed E-state index contributed by atoms with van der Waals surface area (Å²) in [5.74, 6) is 0.0753. The second-order valence-corrected chi connectivity index (χ2v) is 8.72. The summed E-state index contributed by atoms with van der Waals surface area (Å²) in [5.41, 5.74) is 4.43. The number of fused-ring (bicyclic) bond motifs is 1. The molecule has 1 aromatic heterocycles. The number of halogens is 2. The third-order valence-electron chi connectivity index (χ3n) is 5.28. The third kappa shape index (κ3) is 4.65. The van der Waals surface area contributed by atoms with Crippen LogP contribution < -0.4 is 4.90 Å². The fourth-order valence-electron chi connectivity index (χ4n) is 3.96. The van der Waals surface area contributed by atoms with Crippen molar-refractivity contribution in [3.8, 4) is 0 Å². The van der Waals surface area contributed by atoms with E-state index in [1.165, 1.54) is 0 Å². The Morgan fingerprint density at radius 1 is 1.31 bits per heavy atom. The van der Waals surface area contributed by atoms with Gasteiger partial charge in [-0.2, -0.15) is 0 Å². The smallest absolute Gasteiger partial charge is 0.220 e. The molecule has 1 atom stereocenters. The molecular weight excluding hydrogens is 452 g/mol. The topological polar surface area (TPSA) is 52.2 Å². The van der Waals surface area contributed by atoms with Gasteiger partial charge >= 0.3 is 0 Å². The van der Waals surface area contributed by atoms with E-state index in [1.807, 2.05) is 35.4 Å². The van der Waals surface area contributed by atoms with Gasteiger partial charge in [0.15, 0.2) is 0 Å². The Morgan fingerprint density at radius 2 is 2.17 bits per heavy atom. The monoisotopic (exact) mass is 472 g/mol. The average Bonchev–Trinajstić information content (AvgIpc) is 3.13. The molecule has 0 aliphatic carbocycles. The van der Waals surface area contributed by atoms with Crippen molar-refractivity contribution in [1.82, 2.24) is 14.9 Å². The highest BCUT2D eigenvalue weighted by Gasteiger charge is 2.30. The predicted molar refractivity (Wildman–Crippen MR) is 119 cm³/mol. The van der Waals surface area contributed by atoms with Crippen molar-refractivity contribution in [2.24, 2.45) is 0 Å². The van der Waals surface area contributed by atoms with Crippen LogP contribution >= 0.6 is 27.5 Å². The minimum Gasteiger partial charge on any atom is -0.363 e. The number of H-pyrrole nitrogens is 1. The van der Waals surface area contributed by atoms with Crippen LogP contribution in [0.3, 0.4) is 0 Å². The number of rotatable bonds is 4. The van der Waals surface area contributed by atoms with Crippen molar-refractivity contribution >= 4 is 39.1 Å². The Morgan fingerprint density at radius 3 is 2.90 bits per heavy atom. The molecule has 3 aromatic rings. The number of nitrogens with one attached hydrogen (secondary N) is 1. The van der Waals surface area contributed by atoms with E-state index in [1.54, 1.807) is 13.3 Å². The van der Waals surface area contributed by atoms with E-state index < -0.39 is 0 Å². The maximum Gasteiger partial charge on any atom is 0.220 e. The van der Waals surface area contributed by atoms with Gasteiger partial charge in [0, 0.05) is 41.4 Å². The zero-order valence-electron chi connectivity index (χ0n) is 16.1. The molecule has 1 amide bonds. The number of nitrogens with zero attached hydrogens (tertiary/aromatic N) is 3. The minimum atomic E-state index is 0.0278. The van der Waals surface area contributed by atoms with Crippen LogP contribution in [-0.2, 0) is 24.3 Å². The SMILES string of the molecule is CC(=O)N1Cc2cc(Br)ccc2N(Cc2cnc[nH]2)CC1Cc1cccc(Cl)c1. The van der Waals surface area contributed by atoms with Crippen LogP contribution in [-0.4, -0.2) is 33.4 Å². The molecule has 1 unspecified atom stereocenters. The number of hydrogen-bond acceptors (Lipinski definition) is 3. The van der Waals surface area contributed by atoms with Crippen LogP contribution in [0.1, 0.15) is 23.7 Å². The van der Waals surface area contributed by atoms with Crippen LogP contribution in [0.25, 0.3) is 0 Å². The summed E-state index contributed by atoms with van der Waals surface area (Å²) in [5, 5.41) is 0.715.